The van der Waals surface area contributed by atoms with Gasteiger partial charge >= 0.3 is 0 Å². The number of rotatable bonds is 5. The van der Waals surface area contributed by atoms with Crippen molar-refractivity contribution in [1.82, 2.24) is 9.88 Å². The van der Waals surface area contributed by atoms with Crippen LogP contribution in [0.25, 0.3) is 0 Å². The number of carbonyl (C=O) groups excluding carboxylic acids is 1. The zero-order chi connectivity index (χ0) is 16.9. The van der Waals surface area contributed by atoms with E-state index in [1.54, 1.807) is 17.5 Å². The minimum Gasteiger partial charge on any atom is -0.491 e. The minimum atomic E-state index is -0.107. The summed E-state index contributed by atoms with van der Waals surface area (Å²) in [5.74, 6) is 0.953. The Balaban J connectivity index is 1.58. The highest BCUT2D eigenvalue weighted by atomic mass is 32.1. The van der Waals surface area contributed by atoms with Gasteiger partial charge in [0, 0.05) is 18.1 Å². The molecule has 24 heavy (non-hydrogen) atoms. The van der Waals surface area contributed by atoms with Crippen molar-refractivity contribution in [3.8, 4) is 5.75 Å². The van der Waals surface area contributed by atoms with Gasteiger partial charge in [0.25, 0.3) is 0 Å². The van der Waals surface area contributed by atoms with Crippen molar-refractivity contribution in [3.05, 3.63) is 46.4 Å². The van der Waals surface area contributed by atoms with E-state index in [0.29, 0.717) is 26.1 Å². The van der Waals surface area contributed by atoms with E-state index in [1.807, 2.05) is 48.4 Å². The summed E-state index contributed by atoms with van der Waals surface area (Å²) < 4.78 is 11.4. The number of hydrogen-bond acceptors (Lipinski definition) is 5. The van der Waals surface area contributed by atoms with E-state index in [4.69, 9.17) is 9.47 Å². The van der Waals surface area contributed by atoms with Crippen LogP contribution >= 0.6 is 11.3 Å². The van der Waals surface area contributed by atoms with Gasteiger partial charge in [-0.2, -0.15) is 0 Å². The van der Waals surface area contributed by atoms with Crippen LogP contribution in [0.5, 0.6) is 5.75 Å². The maximum Gasteiger partial charge on any atom is 0.227 e. The Morgan fingerprint density at radius 3 is 2.88 bits per heavy atom. The number of nitrogens with zero attached hydrogens (tertiary/aromatic N) is 2. The van der Waals surface area contributed by atoms with E-state index in [-0.39, 0.29) is 18.1 Å². The third-order valence-electron chi connectivity index (χ3n) is 3.80. The number of aromatic nitrogens is 1. The number of morpholine rings is 1. The molecule has 0 bridgehead atoms. The molecule has 1 atom stereocenters. The van der Waals surface area contributed by atoms with Crippen molar-refractivity contribution in [2.75, 3.05) is 19.7 Å². The summed E-state index contributed by atoms with van der Waals surface area (Å²) in [4.78, 5) is 18.7. The molecule has 2 aromatic rings. The van der Waals surface area contributed by atoms with E-state index >= 15 is 0 Å². The fraction of sp³-hybridized carbons (Fsp3) is 0.444. The average molecular weight is 346 g/mol. The van der Waals surface area contributed by atoms with Crippen molar-refractivity contribution in [3.63, 3.8) is 0 Å². The van der Waals surface area contributed by atoms with Crippen LogP contribution in [0.3, 0.4) is 0 Å². The van der Waals surface area contributed by atoms with Crippen LogP contribution in [-0.2, 0) is 16.0 Å². The average Bonchev–Trinajstić information content (AvgIpc) is 3.11. The quantitative estimate of drug-likeness (QED) is 0.835. The van der Waals surface area contributed by atoms with Crippen molar-refractivity contribution in [2.45, 2.75) is 32.5 Å². The Bertz CT molecular complexity index is 655. The van der Waals surface area contributed by atoms with E-state index in [0.717, 1.165) is 16.3 Å². The first-order valence-corrected chi connectivity index (χ1v) is 9.04. The molecule has 1 aromatic heterocycles. The first-order valence-electron chi connectivity index (χ1n) is 8.16. The van der Waals surface area contributed by atoms with Gasteiger partial charge in [-0.05, 0) is 31.5 Å². The van der Waals surface area contributed by atoms with Crippen molar-refractivity contribution >= 4 is 17.2 Å². The lowest BCUT2D eigenvalue weighted by Gasteiger charge is -2.32. The summed E-state index contributed by atoms with van der Waals surface area (Å²) in [6, 6.07) is 7.74. The summed E-state index contributed by atoms with van der Waals surface area (Å²) in [5.41, 5.74) is 0.994. The van der Waals surface area contributed by atoms with E-state index in [9.17, 15) is 4.79 Å². The number of hydrogen-bond donors (Lipinski definition) is 0. The van der Waals surface area contributed by atoms with Crippen LogP contribution in [0.4, 0.5) is 0 Å². The van der Waals surface area contributed by atoms with Gasteiger partial charge in [-0.1, -0.05) is 12.1 Å². The molecular formula is C18H22N2O3S. The molecule has 1 aromatic carbocycles. The van der Waals surface area contributed by atoms with Gasteiger partial charge in [0.2, 0.25) is 5.91 Å². The van der Waals surface area contributed by atoms with Crippen LogP contribution in [0.1, 0.15) is 30.5 Å². The highest BCUT2D eigenvalue weighted by Crippen LogP contribution is 2.24. The van der Waals surface area contributed by atoms with Gasteiger partial charge in [0.05, 0.1) is 25.7 Å². The van der Waals surface area contributed by atoms with Crippen molar-refractivity contribution in [2.24, 2.45) is 0 Å². The van der Waals surface area contributed by atoms with Crippen molar-refractivity contribution in [1.29, 1.82) is 0 Å². The molecule has 0 spiro atoms. The second-order valence-electron chi connectivity index (χ2n) is 6.06. The summed E-state index contributed by atoms with van der Waals surface area (Å²) >= 11 is 1.57. The third-order valence-corrected chi connectivity index (χ3v) is 4.66. The highest BCUT2D eigenvalue weighted by Gasteiger charge is 2.26. The minimum absolute atomic E-state index is 0.107. The number of ether oxygens (including phenoxy) is 2. The third kappa shape index (κ3) is 4.33. The number of carbonyl (C=O) groups is 1. The molecule has 1 aliphatic rings. The first kappa shape index (κ1) is 16.9. The van der Waals surface area contributed by atoms with Crippen LogP contribution in [-0.4, -0.2) is 41.6 Å². The molecule has 0 saturated carbocycles. The molecule has 0 aliphatic carbocycles. The lowest BCUT2D eigenvalue weighted by Crippen LogP contribution is -2.42. The summed E-state index contributed by atoms with van der Waals surface area (Å²) in [7, 11) is 0. The standard InChI is InChI=1S/C18H22N2O3S/c1-13(2)23-15-5-3-14(4-6-15)11-17(21)20-8-9-22-16(12-20)18-19-7-10-24-18/h3-7,10,13,16H,8-9,11-12H2,1-2H3/t16-/m0/s1. The Hall–Kier alpha value is -1.92. The second-order valence-corrected chi connectivity index (χ2v) is 6.98. The van der Waals surface area contributed by atoms with E-state index < -0.39 is 0 Å². The number of thiazole rings is 1. The summed E-state index contributed by atoms with van der Waals surface area (Å²) in [6.07, 6.45) is 2.20. The highest BCUT2D eigenvalue weighted by molar-refractivity contribution is 7.09. The molecule has 0 N–H and O–H groups in total. The first-order chi connectivity index (χ1) is 11.6. The number of amides is 1. The maximum absolute atomic E-state index is 12.6. The molecule has 0 unspecified atom stereocenters. The lowest BCUT2D eigenvalue weighted by molar-refractivity contribution is -0.138. The molecule has 2 heterocycles. The molecule has 5 nitrogen and oxygen atoms in total. The maximum atomic E-state index is 12.6. The SMILES string of the molecule is CC(C)Oc1ccc(CC(=O)N2CCO[C@H](c3nccs3)C2)cc1. The summed E-state index contributed by atoms with van der Waals surface area (Å²) in [6.45, 7) is 5.75. The lowest BCUT2D eigenvalue weighted by atomic mass is 10.1. The molecule has 128 valence electrons. The fourth-order valence-electron chi connectivity index (χ4n) is 2.66. The van der Waals surface area contributed by atoms with Gasteiger partial charge in [-0.25, -0.2) is 4.98 Å². The molecule has 1 aliphatic heterocycles. The normalized spacial score (nSPS) is 18.0. The molecule has 6 heteroatoms. The van der Waals surface area contributed by atoms with Gasteiger partial charge in [0.15, 0.2) is 0 Å². The topological polar surface area (TPSA) is 51.7 Å². The van der Waals surface area contributed by atoms with Gasteiger partial charge < -0.3 is 14.4 Å². The van der Waals surface area contributed by atoms with Gasteiger partial charge in [0.1, 0.15) is 16.9 Å². The Morgan fingerprint density at radius 1 is 1.42 bits per heavy atom. The predicted octanol–water partition coefficient (Wildman–Crippen LogP) is 3.07. The molecular weight excluding hydrogens is 324 g/mol. The van der Waals surface area contributed by atoms with E-state index in [1.165, 1.54) is 0 Å². The summed E-state index contributed by atoms with van der Waals surface area (Å²) in [5, 5.41) is 2.86. The number of benzene rings is 1. The predicted molar refractivity (Wildman–Crippen MR) is 93.3 cm³/mol. The smallest absolute Gasteiger partial charge is 0.227 e. The fourth-order valence-corrected chi connectivity index (χ4v) is 3.34. The molecule has 0 radical (unpaired) electrons. The monoisotopic (exact) mass is 346 g/mol. The molecule has 1 saturated heterocycles. The van der Waals surface area contributed by atoms with Crippen LogP contribution in [0.2, 0.25) is 0 Å². The zero-order valence-electron chi connectivity index (χ0n) is 14.0. The van der Waals surface area contributed by atoms with Crippen molar-refractivity contribution < 1.29 is 14.3 Å². The van der Waals surface area contributed by atoms with Gasteiger partial charge in [-0.3, -0.25) is 4.79 Å². The van der Waals surface area contributed by atoms with Crippen LogP contribution in [0, 0.1) is 0 Å². The Kier molecular flexibility index (Phi) is 5.48. The Labute approximate surface area is 146 Å². The van der Waals surface area contributed by atoms with Crippen LogP contribution in [0.15, 0.2) is 35.8 Å². The molecule has 1 amide bonds. The van der Waals surface area contributed by atoms with E-state index in [2.05, 4.69) is 4.98 Å². The van der Waals surface area contributed by atoms with Crippen LogP contribution < -0.4 is 4.74 Å². The Morgan fingerprint density at radius 2 is 2.21 bits per heavy atom. The van der Waals surface area contributed by atoms with Gasteiger partial charge in [-0.15, -0.1) is 11.3 Å². The second kappa shape index (κ2) is 7.77. The largest absolute Gasteiger partial charge is 0.491 e. The molecule has 3 rings (SSSR count). The molecule has 1 fully saturated rings. The zero-order valence-corrected chi connectivity index (χ0v) is 14.8.